The Morgan fingerprint density at radius 1 is 1.09 bits per heavy atom. The molecule has 3 unspecified atom stereocenters. The van der Waals surface area contributed by atoms with Crippen LogP contribution in [0.3, 0.4) is 0 Å². The summed E-state index contributed by atoms with van der Waals surface area (Å²) < 4.78 is 6.12. The molecular formula is C19H24N2O2. The standard InChI is InChI=1S/C19H24N2O2/c22-19(14-4-2-1-3-5-14)21-15-6-7-16(21)13-18(12-15)23-17-8-10-20-11-9-17/h1-2,8-11,14-16,18H,3-7,12-13H2. The molecule has 0 spiro atoms. The lowest BCUT2D eigenvalue weighted by atomic mass is 9.90. The highest BCUT2D eigenvalue weighted by Crippen LogP contribution is 2.39. The largest absolute Gasteiger partial charge is 0.490 e. The van der Waals surface area contributed by atoms with E-state index in [4.69, 9.17) is 4.74 Å². The van der Waals surface area contributed by atoms with Crippen LogP contribution in [0.2, 0.25) is 0 Å². The number of aromatic nitrogens is 1. The van der Waals surface area contributed by atoms with Gasteiger partial charge < -0.3 is 9.64 Å². The molecule has 0 N–H and O–H groups in total. The number of hydrogen-bond acceptors (Lipinski definition) is 3. The number of pyridine rings is 1. The topological polar surface area (TPSA) is 42.4 Å². The minimum absolute atomic E-state index is 0.209. The molecule has 2 aliphatic heterocycles. The Bertz CT molecular complexity index is 572. The maximum Gasteiger partial charge on any atom is 0.226 e. The first-order chi connectivity index (χ1) is 11.3. The quantitative estimate of drug-likeness (QED) is 0.804. The van der Waals surface area contributed by atoms with Crippen molar-refractivity contribution in [2.45, 2.75) is 63.1 Å². The van der Waals surface area contributed by atoms with Crippen molar-refractivity contribution in [2.24, 2.45) is 5.92 Å². The van der Waals surface area contributed by atoms with E-state index in [9.17, 15) is 4.79 Å². The molecule has 0 aromatic carbocycles. The van der Waals surface area contributed by atoms with Crippen LogP contribution in [0, 0.1) is 5.92 Å². The van der Waals surface area contributed by atoms with Gasteiger partial charge in [0.25, 0.3) is 0 Å². The Kier molecular flexibility index (Phi) is 4.06. The Balaban J connectivity index is 1.41. The van der Waals surface area contributed by atoms with Crippen molar-refractivity contribution in [3.63, 3.8) is 0 Å². The monoisotopic (exact) mass is 312 g/mol. The van der Waals surface area contributed by atoms with Gasteiger partial charge in [-0.15, -0.1) is 0 Å². The third kappa shape index (κ3) is 2.99. The Morgan fingerprint density at radius 2 is 1.83 bits per heavy atom. The van der Waals surface area contributed by atoms with Crippen molar-refractivity contribution in [1.82, 2.24) is 9.88 Å². The van der Waals surface area contributed by atoms with Crippen LogP contribution in [0.1, 0.15) is 44.9 Å². The predicted molar refractivity (Wildman–Crippen MR) is 88.0 cm³/mol. The molecule has 4 nitrogen and oxygen atoms in total. The highest BCUT2D eigenvalue weighted by molar-refractivity contribution is 5.80. The number of allylic oxidation sites excluding steroid dienone is 2. The first kappa shape index (κ1) is 14.7. The molecule has 0 saturated carbocycles. The van der Waals surface area contributed by atoms with Crippen LogP contribution in [0.15, 0.2) is 36.7 Å². The maximum atomic E-state index is 12.9. The van der Waals surface area contributed by atoms with Crippen molar-refractivity contribution in [2.75, 3.05) is 0 Å². The Hall–Kier alpha value is -1.84. The van der Waals surface area contributed by atoms with Crippen LogP contribution in [-0.4, -0.2) is 34.0 Å². The summed E-state index contributed by atoms with van der Waals surface area (Å²) in [7, 11) is 0. The molecule has 4 heteroatoms. The Labute approximate surface area is 137 Å². The van der Waals surface area contributed by atoms with Crippen molar-refractivity contribution < 1.29 is 9.53 Å². The summed E-state index contributed by atoms with van der Waals surface area (Å²) in [5.41, 5.74) is 0. The van der Waals surface area contributed by atoms with Gasteiger partial charge in [-0.05, 0) is 44.2 Å². The smallest absolute Gasteiger partial charge is 0.226 e. The van der Waals surface area contributed by atoms with E-state index in [0.29, 0.717) is 18.0 Å². The summed E-state index contributed by atoms with van der Waals surface area (Å²) >= 11 is 0. The van der Waals surface area contributed by atoms with E-state index >= 15 is 0 Å². The van der Waals surface area contributed by atoms with E-state index in [1.54, 1.807) is 12.4 Å². The van der Waals surface area contributed by atoms with Gasteiger partial charge in [0, 0.05) is 43.2 Å². The summed E-state index contributed by atoms with van der Waals surface area (Å²) in [6.45, 7) is 0. The lowest BCUT2D eigenvalue weighted by Crippen LogP contribution is -2.51. The molecular weight excluding hydrogens is 288 g/mol. The highest BCUT2D eigenvalue weighted by atomic mass is 16.5. The molecule has 1 aromatic heterocycles. The lowest BCUT2D eigenvalue weighted by Gasteiger charge is -2.40. The van der Waals surface area contributed by atoms with Crippen molar-refractivity contribution in [1.29, 1.82) is 0 Å². The molecule has 3 heterocycles. The second-order valence-corrected chi connectivity index (χ2v) is 7.01. The van der Waals surface area contributed by atoms with Gasteiger partial charge in [0.15, 0.2) is 0 Å². The third-order valence-electron chi connectivity index (χ3n) is 5.52. The number of fused-ring (bicyclic) bond motifs is 2. The number of ether oxygens (including phenoxy) is 1. The molecule has 1 aromatic rings. The third-order valence-corrected chi connectivity index (χ3v) is 5.52. The number of piperidine rings is 1. The van der Waals surface area contributed by atoms with Crippen LogP contribution < -0.4 is 4.74 Å². The summed E-state index contributed by atoms with van der Waals surface area (Å²) in [6, 6.07) is 4.57. The normalized spacial score (nSPS) is 32.8. The fourth-order valence-corrected chi connectivity index (χ4v) is 4.42. The zero-order chi connectivity index (χ0) is 15.6. The lowest BCUT2D eigenvalue weighted by molar-refractivity contribution is -0.141. The van der Waals surface area contributed by atoms with Gasteiger partial charge in [-0.2, -0.15) is 0 Å². The average Bonchev–Trinajstić information content (AvgIpc) is 2.87. The van der Waals surface area contributed by atoms with Gasteiger partial charge in [-0.3, -0.25) is 9.78 Å². The van der Waals surface area contributed by atoms with Gasteiger partial charge in [0.2, 0.25) is 5.91 Å². The van der Waals surface area contributed by atoms with Crippen LogP contribution in [0.25, 0.3) is 0 Å². The summed E-state index contributed by atoms with van der Waals surface area (Å²) in [5.74, 6) is 1.49. The van der Waals surface area contributed by atoms with E-state index in [-0.39, 0.29) is 12.0 Å². The molecule has 2 saturated heterocycles. The first-order valence-electron chi connectivity index (χ1n) is 8.85. The van der Waals surface area contributed by atoms with E-state index in [0.717, 1.165) is 50.7 Å². The summed E-state index contributed by atoms with van der Waals surface area (Å²) in [4.78, 5) is 19.2. The second-order valence-electron chi connectivity index (χ2n) is 7.01. The molecule has 1 amide bonds. The molecule has 23 heavy (non-hydrogen) atoms. The van der Waals surface area contributed by atoms with Gasteiger partial charge in [0.05, 0.1) is 0 Å². The number of carbonyl (C=O) groups is 1. The SMILES string of the molecule is O=C(C1CC=CCC1)N1C2CCC1CC(Oc1ccncc1)C2. The van der Waals surface area contributed by atoms with Crippen LogP contribution in [0.5, 0.6) is 5.75 Å². The van der Waals surface area contributed by atoms with Crippen molar-refractivity contribution in [3.8, 4) is 5.75 Å². The minimum Gasteiger partial charge on any atom is -0.490 e. The highest BCUT2D eigenvalue weighted by Gasteiger charge is 2.45. The molecule has 0 radical (unpaired) electrons. The zero-order valence-corrected chi connectivity index (χ0v) is 13.4. The predicted octanol–water partition coefficient (Wildman–Crippen LogP) is 3.34. The molecule has 3 atom stereocenters. The van der Waals surface area contributed by atoms with Crippen LogP contribution in [0.4, 0.5) is 0 Å². The van der Waals surface area contributed by atoms with Crippen LogP contribution in [-0.2, 0) is 4.79 Å². The number of amides is 1. The van der Waals surface area contributed by atoms with Gasteiger partial charge >= 0.3 is 0 Å². The molecule has 4 rings (SSSR count). The molecule has 3 aliphatic rings. The average molecular weight is 312 g/mol. The molecule has 122 valence electrons. The number of carbonyl (C=O) groups excluding carboxylic acids is 1. The number of rotatable bonds is 3. The van der Waals surface area contributed by atoms with Crippen LogP contribution >= 0.6 is 0 Å². The maximum absolute atomic E-state index is 12.9. The van der Waals surface area contributed by atoms with Crippen molar-refractivity contribution in [3.05, 3.63) is 36.7 Å². The van der Waals surface area contributed by atoms with E-state index in [2.05, 4.69) is 22.0 Å². The zero-order valence-electron chi connectivity index (χ0n) is 13.4. The van der Waals surface area contributed by atoms with E-state index < -0.39 is 0 Å². The summed E-state index contributed by atoms with van der Waals surface area (Å²) in [6.07, 6.45) is 15.3. The fourth-order valence-electron chi connectivity index (χ4n) is 4.42. The molecule has 2 bridgehead atoms. The fraction of sp³-hybridized carbons (Fsp3) is 0.579. The minimum atomic E-state index is 0.209. The van der Waals surface area contributed by atoms with Gasteiger partial charge in [0.1, 0.15) is 11.9 Å². The summed E-state index contributed by atoms with van der Waals surface area (Å²) in [5, 5.41) is 0. The van der Waals surface area contributed by atoms with E-state index in [1.165, 1.54) is 0 Å². The number of hydrogen-bond donors (Lipinski definition) is 0. The van der Waals surface area contributed by atoms with Gasteiger partial charge in [-0.25, -0.2) is 0 Å². The Morgan fingerprint density at radius 3 is 2.48 bits per heavy atom. The van der Waals surface area contributed by atoms with Gasteiger partial charge in [-0.1, -0.05) is 12.2 Å². The molecule has 2 fully saturated rings. The molecule has 1 aliphatic carbocycles. The first-order valence-corrected chi connectivity index (χ1v) is 8.85. The number of nitrogens with zero attached hydrogens (tertiary/aromatic N) is 2. The van der Waals surface area contributed by atoms with E-state index in [1.807, 2.05) is 12.1 Å². The second kappa shape index (κ2) is 6.34. The van der Waals surface area contributed by atoms with Crippen molar-refractivity contribution >= 4 is 5.91 Å².